The molecule has 4 heteroatoms. The molecule has 1 aromatic carbocycles. The highest BCUT2D eigenvalue weighted by Gasteiger charge is 2.11. The normalized spacial score (nSPS) is 12.1. The Balaban J connectivity index is 1.89. The summed E-state index contributed by atoms with van der Waals surface area (Å²) in [7, 11) is 0. The lowest BCUT2D eigenvalue weighted by Crippen LogP contribution is -2.29. The van der Waals surface area contributed by atoms with Crippen molar-refractivity contribution in [2.75, 3.05) is 13.1 Å². The standard InChI is InChI=1S/C24H42N4/c1-20(2)13-8-6-10-17-27(18-11-7-9-14-21(3)4)19-28-23-16-12-15-22(5)24(23)25-26-28/h12,15-16,20-21H,6-11,13-14,17-19H2,1-5H3. The minimum Gasteiger partial charge on any atom is -0.284 e. The molecule has 0 unspecified atom stereocenters. The van der Waals surface area contributed by atoms with Crippen molar-refractivity contribution in [3.63, 3.8) is 0 Å². The van der Waals surface area contributed by atoms with Gasteiger partial charge in [0, 0.05) is 0 Å². The first kappa shape index (κ1) is 22.9. The molecule has 1 heterocycles. The molecule has 0 atom stereocenters. The molecule has 4 nitrogen and oxygen atoms in total. The second-order valence-electron chi connectivity index (χ2n) is 9.28. The minimum absolute atomic E-state index is 0.821. The van der Waals surface area contributed by atoms with Gasteiger partial charge in [-0.15, -0.1) is 5.10 Å². The summed E-state index contributed by atoms with van der Waals surface area (Å²) in [5.41, 5.74) is 3.40. The Hall–Kier alpha value is -1.42. The Morgan fingerprint density at radius 1 is 0.857 bits per heavy atom. The number of benzene rings is 1. The number of hydrogen-bond acceptors (Lipinski definition) is 3. The van der Waals surface area contributed by atoms with Gasteiger partial charge in [-0.05, 0) is 56.3 Å². The zero-order chi connectivity index (χ0) is 20.4. The zero-order valence-corrected chi connectivity index (χ0v) is 19.0. The Morgan fingerprint density at radius 3 is 2.04 bits per heavy atom. The van der Waals surface area contributed by atoms with Crippen LogP contribution in [0.3, 0.4) is 0 Å². The fourth-order valence-electron chi connectivity index (χ4n) is 3.81. The monoisotopic (exact) mass is 386 g/mol. The Bertz CT molecular complexity index is 656. The summed E-state index contributed by atoms with van der Waals surface area (Å²) in [6, 6.07) is 6.37. The molecule has 0 bridgehead atoms. The molecule has 0 saturated carbocycles. The predicted octanol–water partition coefficient (Wildman–Crippen LogP) is 6.43. The van der Waals surface area contributed by atoms with Crippen LogP contribution < -0.4 is 0 Å². The predicted molar refractivity (Wildman–Crippen MR) is 120 cm³/mol. The summed E-state index contributed by atoms with van der Waals surface area (Å²) in [5, 5.41) is 8.87. The largest absolute Gasteiger partial charge is 0.284 e. The van der Waals surface area contributed by atoms with Gasteiger partial charge in [0.1, 0.15) is 5.52 Å². The van der Waals surface area contributed by atoms with E-state index in [9.17, 15) is 0 Å². The molecular weight excluding hydrogens is 344 g/mol. The van der Waals surface area contributed by atoms with Crippen LogP contribution in [-0.2, 0) is 6.67 Å². The summed E-state index contributed by atoms with van der Waals surface area (Å²) in [6.07, 6.45) is 10.6. The number of rotatable bonds is 14. The lowest BCUT2D eigenvalue weighted by molar-refractivity contribution is 0.199. The number of unbranched alkanes of at least 4 members (excludes halogenated alkanes) is 4. The van der Waals surface area contributed by atoms with Gasteiger partial charge in [-0.25, -0.2) is 4.68 Å². The third-order valence-corrected chi connectivity index (χ3v) is 5.59. The van der Waals surface area contributed by atoms with E-state index in [2.05, 4.69) is 72.7 Å². The summed E-state index contributed by atoms with van der Waals surface area (Å²) in [4.78, 5) is 2.58. The molecule has 2 aromatic rings. The third-order valence-electron chi connectivity index (χ3n) is 5.59. The van der Waals surface area contributed by atoms with Gasteiger partial charge in [0.15, 0.2) is 0 Å². The van der Waals surface area contributed by atoms with Crippen molar-refractivity contribution in [3.05, 3.63) is 23.8 Å². The number of nitrogens with zero attached hydrogens (tertiary/aromatic N) is 4. The number of aryl methyl sites for hydroxylation is 1. The molecule has 28 heavy (non-hydrogen) atoms. The molecule has 158 valence electrons. The number of fused-ring (bicyclic) bond motifs is 1. The second-order valence-corrected chi connectivity index (χ2v) is 9.28. The van der Waals surface area contributed by atoms with E-state index in [0.717, 1.165) is 42.6 Å². The summed E-state index contributed by atoms with van der Waals surface area (Å²) < 4.78 is 2.09. The van der Waals surface area contributed by atoms with E-state index < -0.39 is 0 Å². The molecular formula is C24H42N4. The summed E-state index contributed by atoms with van der Waals surface area (Å²) in [5.74, 6) is 1.64. The SMILES string of the molecule is Cc1cccc2c1nnn2CN(CCCCCC(C)C)CCCCCC(C)C. The van der Waals surface area contributed by atoms with Gasteiger partial charge in [0.25, 0.3) is 0 Å². The maximum absolute atomic E-state index is 4.46. The van der Waals surface area contributed by atoms with E-state index in [1.54, 1.807) is 0 Å². The lowest BCUT2D eigenvalue weighted by atomic mass is 10.0. The van der Waals surface area contributed by atoms with Gasteiger partial charge in [-0.2, -0.15) is 0 Å². The van der Waals surface area contributed by atoms with Crippen molar-refractivity contribution in [3.8, 4) is 0 Å². The molecule has 0 aliphatic carbocycles. The van der Waals surface area contributed by atoms with Crippen LogP contribution >= 0.6 is 0 Å². The zero-order valence-electron chi connectivity index (χ0n) is 19.0. The van der Waals surface area contributed by atoms with Crippen LogP contribution in [0, 0.1) is 18.8 Å². The van der Waals surface area contributed by atoms with Crippen molar-refractivity contribution in [1.82, 2.24) is 19.9 Å². The Kier molecular flexibility index (Phi) is 9.97. The van der Waals surface area contributed by atoms with Crippen LogP contribution in [0.4, 0.5) is 0 Å². The Morgan fingerprint density at radius 2 is 1.46 bits per heavy atom. The first-order valence-electron chi connectivity index (χ1n) is 11.5. The topological polar surface area (TPSA) is 34.0 Å². The average molecular weight is 387 g/mol. The summed E-state index contributed by atoms with van der Waals surface area (Å²) in [6.45, 7) is 14.6. The van der Waals surface area contributed by atoms with Crippen LogP contribution in [0.5, 0.6) is 0 Å². The van der Waals surface area contributed by atoms with E-state index in [4.69, 9.17) is 0 Å². The van der Waals surface area contributed by atoms with Crippen molar-refractivity contribution in [2.24, 2.45) is 11.8 Å². The van der Waals surface area contributed by atoms with Crippen molar-refractivity contribution >= 4 is 11.0 Å². The molecule has 0 fully saturated rings. The van der Waals surface area contributed by atoms with E-state index in [0.29, 0.717) is 0 Å². The fraction of sp³-hybridized carbons (Fsp3) is 0.750. The van der Waals surface area contributed by atoms with Gasteiger partial charge < -0.3 is 0 Å². The smallest absolute Gasteiger partial charge is 0.116 e. The molecule has 0 N–H and O–H groups in total. The maximum atomic E-state index is 4.46. The van der Waals surface area contributed by atoms with Gasteiger partial charge >= 0.3 is 0 Å². The molecule has 0 saturated heterocycles. The third kappa shape index (κ3) is 7.90. The van der Waals surface area contributed by atoms with Gasteiger partial charge in [-0.3, -0.25) is 4.90 Å². The van der Waals surface area contributed by atoms with Crippen molar-refractivity contribution in [1.29, 1.82) is 0 Å². The van der Waals surface area contributed by atoms with Crippen LogP contribution in [0.2, 0.25) is 0 Å². The lowest BCUT2D eigenvalue weighted by Gasteiger charge is -2.22. The molecule has 0 radical (unpaired) electrons. The number of aromatic nitrogens is 3. The van der Waals surface area contributed by atoms with Crippen molar-refractivity contribution in [2.45, 2.75) is 92.7 Å². The van der Waals surface area contributed by atoms with Crippen LogP contribution in [0.25, 0.3) is 11.0 Å². The maximum Gasteiger partial charge on any atom is 0.116 e. The average Bonchev–Trinajstić information content (AvgIpc) is 3.04. The highest BCUT2D eigenvalue weighted by Crippen LogP contribution is 2.16. The molecule has 0 spiro atoms. The van der Waals surface area contributed by atoms with Gasteiger partial charge in [-0.1, -0.05) is 83.6 Å². The van der Waals surface area contributed by atoms with Crippen LogP contribution in [0.1, 0.15) is 84.6 Å². The molecule has 0 aliphatic heterocycles. The first-order valence-corrected chi connectivity index (χ1v) is 11.5. The summed E-state index contributed by atoms with van der Waals surface area (Å²) >= 11 is 0. The van der Waals surface area contributed by atoms with E-state index in [-0.39, 0.29) is 0 Å². The van der Waals surface area contributed by atoms with Crippen molar-refractivity contribution < 1.29 is 0 Å². The number of hydrogen-bond donors (Lipinski definition) is 0. The first-order chi connectivity index (χ1) is 13.5. The molecule has 1 aromatic heterocycles. The minimum atomic E-state index is 0.821. The van der Waals surface area contributed by atoms with Crippen LogP contribution in [-0.4, -0.2) is 33.0 Å². The van der Waals surface area contributed by atoms with E-state index in [1.165, 1.54) is 56.9 Å². The van der Waals surface area contributed by atoms with E-state index >= 15 is 0 Å². The fourth-order valence-corrected chi connectivity index (χ4v) is 3.81. The molecule has 0 aliphatic rings. The highest BCUT2D eigenvalue weighted by atomic mass is 15.5. The second kappa shape index (κ2) is 12.2. The molecule has 0 amide bonds. The molecule has 2 rings (SSSR count). The quantitative estimate of drug-likeness (QED) is 0.351. The van der Waals surface area contributed by atoms with Gasteiger partial charge in [0.05, 0.1) is 12.2 Å². The highest BCUT2D eigenvalue weighted by molar-refractivity contribution is 5.77. The Labute approximate surface area is 172 Å². The van der Waals surface area contributed by atoms with Crippen LogP contribution in [0.15, 0.2) is 18.2 Å². The van der Waals surface area contributed by atoms with E-state index in [1.807, 2.05) is 0 Å². The van der Waals surface area contributed by atoms with Gasteiger partial charge in [0.2, 0.25) is 0 Å².